The first-order chi connectivity index (χ1) is 24.8. The molecule has 0 aliphatic heterocycles. The summed E-state index contributed by atoms with van der Waals surface area (Å²) >= 11 is -2.32. The first kappa shape index (κ1) is 39.3. The molecule has 8 N–H and O–H groups in total. The van der Waals surface area contributed by atoms with Gasteiger partial charge in [-0.15, -0.1) is 20.5 Å². The van der Waals surface area contributed by atoms with Crippen LogP contribution in [-0.2, 0) is 31.0 Å². The Bertz CT molecular complexity index is 2520. The Morgan fingerprint density at radius 1 is 0.811 bits per heavy atom. The number of hydrogen-bond donors (Lipinski definition) is 7. The van der Waals surface area contributed by atoms with Crippen LogP contribution in [-0.4, -0.2) is 57.5 Å². The van der Waals surface area contributed by atoms with Crippen LogP contribution in [0.1, 0.15) is 15.9 Å². The highest BCUT2D eigenvalue weighted by atomic mass is 32.2. The molecule has 0 saturated carbocycles. The predicted octanol–water partition coefficient (Wildman–Crippen LogP) is 6.89. The Kier molecular flexibility index (Phi) is 11.7. The van der Waals surface area contributed by atoms with Crippen molar-refractivity contribution in [2.24, 2.45) is 36.4 Å². The minimum absolute atomic E-state index is 0.0785. The predicted molar refractivity (Wildman–Crippen MR) is 189 cm³/mol. The number of phenolic OH excluding ortho intramolecular Hbond substituents is 2. The molecule has 0 bridgehead atoms. The van der Waals surface area contributed by atoms with Gasteiger partial charge in [-0.1, -0.05) is 25.3 Å². The minimum atomic E-state index is -5.02. The van der Waals surface area contributed by atoms with Crippen LogP contribution in [0.4, 0.5) is 44.6 Å². The van der Waals surface area contributed by atoms with E-state index in [1.807, 2.05) is 0 Å². The Hall–Kier alpha value is -6.53. The third-order valence-corrected chi connectivity index (χ3v) is 9.54. The summed E-state index contributed by atoms with van der Waals surface area (Å²) in [5, 5.41) is 56.7. The molecule has 1 atom stereocenters. The van der Waals surface area contributed by atoms with Gasteiger partial charge in [-0.2, -0.15) is 18.6 Å². The largest absolute Gasteiger partial charge is 0.505 e. The molecule has 0 radical (unpaired) electrons. The van der Waals surface area contributed by atoms with Crippen molar-refractivity contribution >= 4 is 87.8 Å². The van der Waals surface area contributed by atoms with Gasteiger partial charge in [0.1, 0.15) is 27.7 Å². The van der Waals surface area contributed by atoms with Gasteiger partial charge in [0, 0.05) is 5.41 Å². The number of nitrogens with zero attached hydrogens (tertiary/aromatic N) is 6. The molecule has 274 valence electrons. The topological polar surface area (TPSA) is 333 Å². The smallest absolute Gasteiger partial charge is 0.338 e. The van der Waals surface area contributed by atoms with Crippen molar-refractivity contribution in [2.75, 3.05) is 5.32 Å². The maximum Gasteiger partial charge on any atom is 0.338 e. The highest BCUT2D eigenvalue weighted by Gasteiger charge is 2.23. The number of carbonyl (C=O) groups excluding carboxylic acids is 1. The highest BCUT2D eigenvalue weighted by molar-refractivity contribution is 7.94. The SMILES string of the molecule is C=CS(=O)(=O)c1ccc(N=Nc2ccc(N=Nc3c(O)cc(C(=O)O)c(N=Nc4ccc(C(=C)S(=O)O)cc4)c3O)cc2NC(N)=O)c(S(=O)(=O)O)c1. The number of anilines is 1. The molecular formula is C30H24N8O12S3. The number of carboxylic acid groups (broad SMARTS) is 1. The van der Waals surface area contributed by atoms with E-state index in [-0.39, 0.29) is 27.7 Å². The average Bonchev–Trinajstić information content (AvgIpc) is 3.09. The van der Waals surface area contributed by atoms with Crippen molar-refractivity contribution < 1.29 is 55.1 Å². The lowest BCUT2D eigenvalue weighted by molar-refractivity contribution is 0.0696. The van der Waals surface area contributed by atoms with Crippen LogP contribution in [0.2, 0.25) is 0 Å². The Labute approximate surface area is 301 Å². The van der Waals surface area contributed by atoms with Crippen LogP contribution in [0, 0.1) is 0 Å². The molecule has 2 amide bonds. The Balaban J connectivity index is 1.71. The average molecular weight is 785 g/mol. The number of urea groups is 1. The molecule has 1 unspecified atom stereocenters. The second-order valence-electron chi connectivity index (χ2n) is 10.1. The number of rotatable bonds is 13. The molecule has 20 nitrogen and oxygen atoms in total. The number of azo groups is 3. The molecule has 53 heavy (non-hydrogen) atoms. The number of hydrogen-bond acceptors (Lipinski definition) is 15. The first-order valence-corrected chi connectivity index (χ1v) is 18.1. The van der Waals surface area contributed by atoms with E-state index in [2.05, 4.69) is 49.2 Å². The van der Waals surface area contributed by atoms with E-state index in [1.54, 1.807) is 0 Å². The van der Waals surface area contributed by atoms with Gasteiger partial charge in [0.05, 0.1) is 32.4 Å². The van der Waals surface area contributed by atoms with E-state index >= 15 is 0 Å². The van der Waals surface area contributed by atoms with Gasteiger partial charge in [0.15, 0.2) is 32.4 Å². The number of aromatic hydroxyl groups is 2. The zero-order valence-corrected chi connectivity index (χ0v) is 28.9. The van der Waals surface area contributed by atoms with E-state index in [9.17, 15) is 55.1 Å². The maximum atomic E-state index is 12.1. The van der Waals surface area contributed by atoms with Crippen LogP contribution in [0.15, 0.2) is 126 Å². The number of nitrogens with one attached hydrogen (secondary N) is 1. The van der Waals surface area contributed by atoms with Crippen molar-refractivity contribution in [3.05, 3.63) is 96.4 Å². The fourth-order valence-corrected chi connectivity index (χ4v) is 5.89. The van der Waals surface area contributed by atoms with Gasteiger partial charge >= 0.3 is 12.0 Å². The molecule has 4 aromatic rings. The van der Waals surface area contributed by atoms with Crippen molar-refractivity contribution in [3.63, 3.8) is 0 Å². The Morgan fingerprint density at radius 3 is 1.98 bits per heavy atom. The number of amides is 2. The van der Waals surface area contributed by atoms with E-state index < -0.39 is 87.0 Å². The number of sulfone groups is 1. The zero-order chi connectivity index (χ0) is 39.2. The minimum Gasteiger partial charge on any atom is -0.505 e. The van der Waals surface area contributed by atoms with Gasteiger partial charge in [0.25, 0.3) is 10.1 Å². The summed E-state index contributed by atoms with van der Waals surface area (Å²) in [4.78, 5) is 22.1. The normalized spacial score (nSPS) is 12.6. The standard InChI is InChI=1S/C30H24N8O12S3/c1-3-52(46,47)19-9-11-22(25(13-19)53(48,49)50)36-35-21-10-8-18(12-23(21)32-30(31)43)34-38-27-24(39)14-20(29(41)42)26(28(27)40)37-33-17-6-4-16(5-7-17)15(2)51(44)45/h3-14,39-40H,1-2H2,(H,41,42)(H,44,45)(H3,31,32,43)(H,48,49,50). The lowest BCUT2D eigenvalue weighted by Gasteiger charge is -2.09. The third kappa shape index (κ3) is 9.43. The van der Waals surface area contributed by atoms with E-state index in [0.29, 0.717) is 17.0 Å². The molecule has 4 rings (SSSR count). The molecule has 0 aliphatic rings. The number of phenols is 2. The quantitative estimate of drug-likeness (QED) is 0.0414. The maximum absolute atomic E-state index is 12.1. The van der Waals surface area contributed by atoms with Crippen LogP contribution in [0.25, 0.3) is 4.91 Å². The van der Waals surface area contributed by atoms with Crippen LogP contribution < -0.4 is 11.1 Å². The molecule has 4 aromatic carbocycles. The second-order valence-corrected chi connectivity index (χ2v) is 14.4. The fraction of sp³-hybridized carbons (Fsp3) is 0. The fourth-order valence-electron chi connectivity index (χ4n) is 4.10. The number of aromatic carboxylic acids is 1. The lowest BCUT2D eigenvalue weighted by atomic mass is 10.1. The summed E-state index contributed by atoms with van der Waals surface area (Å²) in [7, 11) is -9.12. The number of benzene rings is 4. The monoisotopic (exact) mass is 784 g/mol. The lowest BCUT2D eigenvalue weighted by Crippen LogP contribution is -2.19. The van der Waals surface area contributed by atoms with E-state index in [1.165, 1.54) is 36.4 Å². The highest BCUT2D eigenvalue weighted by Crippen LogP contribution is 2.47. The molecule has 0 saturated heterocycles. The molecule has 23 heteroatoms. The second kappa shape index (κ2) is 15.8. The molecule has 0 heterocycles. The van der Waals surface area contributed by atoms with E-state index in [4.69, 9.17) is 5.73 Å². The van der Waals surface area contributed by atoms with Crippen molar-refractivity contribution in [1.82, 2.24) is 0 Å². The van der Waals surface area contributed by atoms with E-state index in [0.717, 1.165) is 24.3 Å². The van der Waals surface area contributed by atoms with Gasteiger partial charge in [0.2, 0.25) is 0 Å². The summed E-state index contributed by atoms with van der Waals surface area (Å²) in [5.74, 6) is -3.37. The van der Waals surface area contributed by atoms with Crippen molar-refractivity contribution in [3.8, 4) is 11.5 Å². The molecular weight excluding hydrogens is 761 g/mol. The number of primary amides is 1. The zero-order valence-electron chi connectivity index (χ0n) is 26.4. The summed E-state index contributed by atoms with van der Waals surface area (Å²) < 4.78 is 78.3. The van der Waals surface area contributed by atoms with Gasteiger partial charge in [-0.05, 0) is 60.2 Å². The molecule has 0 spiro atoms. The summed E-state index contributed by atoms with van der Waals surface area (Å²) in [6.45, 7) is 6.64. The molecule has 0 fully saturated rings. The van der Waals surface area contributed by atoms with Crippen LogP contribution >= 0.6 is 0 Å². The van der Waals surface area contributed by atoms with Gasteiger partial charge in [-0.25, -0.2) is 22.2 Å². The van der Waals surface area contributed by atoms with Gasteiger partial charge < -0.3 is 30.9 Å². The van der Waals surface area contributed by atoms with Gasteiger partial charge in [-0.3, -0.25) is 4.55 Å². The molecule has 0 aromatic heterocycles. The summed E-state index contributed by atoms with van der Waals surface area (Å²) in [6, 6.07) is 11.3. The number of nitrogens with two attached hydrogens (primary N) is 1. The molecule has 0 aliphatic carbocycles. The van der Waals surface area contributed by atoms with Crippen LogP contribution in [0.5, 0.6) is 11.5 Å². The Morgan fingerprint density at radius 2 is 1.40 bits per heavy atom. The number of carboxylic acids is 1. The first-order valence-electron chi connectivity index (χ1n) is 14.0. The van der Waals surface area contributed by atoms with Crippen molar-refractivity contribution in [2.45, 2.75) is 9.79 Å². The van der Waals surface area contributed by atoms with Crippen LogP contribution in [0.3, 0.4) is 0 Å². The third-order valence-electron chi connectivity index (χ3n) is 6.65. The summed E-state index contributed by atoms with van der Waals surface area (Å²) in [5.41, 5.74) is 2.86. The van der Waals surface area contributed by atoms with Crippen molar-refractivity contribution in [1.29, 1.82) is 0 Å². The summed E-state index contributed by atoms with van der Waals surface area (Å²) in [6.07, 6.45) is 0. The number of carbonyl (C=O) groups is 2.